The molecule has 1 N–H and O–H groups in total. The van der Waals surface area contributed by atoms with Gasteiger partial charge in [0.05, 0.1) is 6.42 Å². The third-order valence-corrected chi connectivity index (χ3v) is 3.35. The van der Waals surface area contributed by atoms with Crippen molar-refractivity contribution in [3.8, 4) is 0 Å². The molecule has 0 spiro atoms. The Hall–Kier alpha value is -0.920. The SMILES string of the molecule is Cl.Fc1ccc([C@@H](CC(F)(F)F)N2CCNCC2)cc1F. The van der Waals surface area contributed by atoms with Crippen molar-refractivity contribution in [3.05, 3.63) is 35.4 Å². The average molecular weight is 331 g/mol. The molecule has 1 aromatic rings. The number of nitrogens with one attached hydrogen (secondary N) is 1. The second kappa shape index (κ2) is 7.38. The quantitative estimate of drug-likeness (QED) is 0.856. The molecule has 2 rings (SSSR count). The van der Waals surface area contributed by atoms with Crippen LogP contribution in [0, 0.1) is 11.6 Å². The standard InChI is InChI=1S/C13H15F5N2.ClH/c14-10-2-1-9(7-11(10)15)12(8-13(16,17)18)20-5-3-19-4-6-20;/h1-2,7,12,19H,3-6,8H2;1H/t12-;/m1./s1. The Labute approximate surface area is 125 Å². The number of nitrogens with zero attached hydrogens (tertiary/aromatic N) is 1. The minimum Gasteiger partial charge on any atom is -0.314 e. The van der Waals surface area contributed by atoms with Crippen LogP contribution in [0.4, 0.5) is 22.0 Å². The summed E-state index contributed by atoms with van der Waals surface area (Å²) in [5.74, 6) is -2.18. The lowest BCUT2D eigenvalue weighted by Gasteiger charge is -2.35. The van der Waals surface area contributed by atoms with Crippen LogP contribution in [0.3, 0.4) is 0 Å². The van der Waals surface area contributed by atoms with Gasteiger partial charge < -0.3 is 5.32 Å². The van der Waals surface area contributed by atoms with Crippen LogP contribution in [-0.2, 0) is 0 Å². The molecule has 1 fully saturated rings. The van der Waals surface area contributed by atoms with E-state index in [9.17, 15) is 22.0 Å². The Bertz CT molecular complexity index is 460. The summed E-state index contributed by atoms with van der Waals surface area (Å²) in [7, 11) is 0. The van der Waals surface area contributed by atoms with Crippen LogP contribution < -0.4 is 5.32 Å². The first kappa shape index (κ1) is 18.1. The first-order valence-electron chi connectivity index (χ1n) is 6.33. The van der Waals surface area contributed by atoms with Crippen LogP contribution in [0.1, 0.15) is 18.0 Å². The van der Waals surface area contributed by atoms with Gasteiger partial charge in [-0.1, -0.05) is 6.07 Å². The van der Waals surface area contributed by atoms with E-state index in [1.165, 1.54) is 6.07 Å². The molecule has 1 aliphatic rings. The Morgan fingerprint density at radius 1 is 1.10 bits per heavy atom. The van der Waals surface area contributed by atoms with E-state index in [1.54, 1.807) is 4.90 Å². The van der Waals surface area contributed by atoms with Crippen molar-refractivity contribution >= 4 is 12.4 Å². The zero-order chi connectivity index (χ0) is 14.8. The molecular weight excluding hydrogens is 315 g/mol. The van der Waals surface area contributed by atoms with Crippen molar-refractivity contribution in [2.45, 2.75) is 18.6 Å². The van der Waals surface area contributed by atoms with Crippen LogP contribution in [0.5, 0.6) is 0 Å². The van der Waals surface area contributed by atoms with E-state index in [0.29, 0.717) is 26.2 Å². The van der Waals surface area contributed by atoms with Crippen LogP contribution in [0.2, 0.25) is 0 Å². The summed E-state index contributed by atoms with van der Waals surface area (Å²) in [6.45, 7) is 2.05. The Balaban J connectivity index is 0.00000220. The normalized spacial score (nSPS) is 18.1. The fourth-order valence-corrected chi connectivity index (χ4v) is 2.39. The van der Waals surface area contributed by atoms with Crippen LogP contribution in [0.15, 0.2) is 18.2 Å². The van der Waals surface area contributed by atoms with Crippen molar-refractivity contribution in [2.24, 2.45) is 0 Å². The minimum atomic E-state index is -4.36. The lowest BCUT2D eigenvalue weighted by Crippen LogP contribution is -2.46. The van der Waals surface area contributed by atoms with Gasteiger partial charge in [-0.15, -0.1) is 12.4 Å². The number of benzene rings is 1. The van der Waals surface area contributed by atoms with Crippen molar-refractivity contribution < 1.29 is 22.0 Å². The van der Waals surface area contributed by atoms with Crippen LogP contribution in [-0.4, -0.2) is 37.3 Å². The van der Waals surface area contributed by atoms with Gasteiger partial charge in [-0.05, 0) is 17.7 Å². The van der Waals surface area contributed by atoms with E-state index in [-0.39, 0.29) is 18.0 Å². The molecule has 0 unspecified atom stereocenters. The van der Waals surface area contributed by atoms with E-state index >= 15 is 0 Å². The molecule has 1 saturated heterocycles. The lowest BCUT2D eigenvalue weighted by atomic mass is 10.0. The number of hydrogen-bond donors (Lipinski definition) is 1. The molecule has 1 atom stereocenters. The maximum Gasteiger partial charge on any atom is 0.390 e. The number of hydrogen-bond acceptors (Lipinski definition) is 2. The number of piperazine rings is 1. The molecule has 2 nitrogen and oxygen atoms in total. The fourth-order valence-electron chi connectivity index (χ4n) is 2.39. The molecule has 0 aromatic heterocycles. The second-order valence-corrected chi connectivity index (χ2v) is 4.79. The van der Waals surface area contributed by atoms with Crippen molar-refractivity contribution in [1.29, 1.82) is 0 Å². The molecule has 1 aliphatic heterocycles. The average Bonchev–Trinajstić information content (AvgIpc) is 2.39. The maximum absolute atomic E-state index is 13.3. The predicted octanol–water partition coefficient (Wildman–Crippen LogP) is 3.29. The Morgan fingerprint density at radius 3 is 2.24 bits per heavy atom. The first-order valence-corrected chi connectivity index (χ1v) is 6.33. The van der Waals surface area contributed by atoms with Crippen LogP contribution in [0.25, 0.3) is 0 Å². The van der Waals surface area contributed by atoms with Crippen molar-refractivity contribution in [2.75, 3.05) is 26.2 Å². The zero-order valence-corrected chi connectivity index (χ0v) is 11.9. The molecule has 0 radical (unpaired) electrons. The van der Waals surface area contributed by atoms with Crippen molar-refractivity contribution in [1.82, 2.24) is 10.2 Å². The maximum atomic E-state index is 13.3. The van der Waals surface area contributed by atoms with Crippen LogP contribution >= 0.6 is 12.4 Å². The summed E-state index contributed by atoms with van der Waals surface area (Å²) in [4.78, 5) is 1.65. The van der Waals surface area contributed by atoms with Gasteiger partial charge in [0.2, 0.25) is 0 Å². The van der Waals surface area contributed by atoms with Gasteiger partial charge in [0.25, 0.3) is 0 Å². The minimum absolute atomic E-state index is 0. The van der Waals surface area contributed by atoms with Gasteiger partial charge in [-0.2, -0.15) is 13.2 Å². The van der Waals surface area contributed by atoms with Gasteiger partial charge in [-0.25, -0.2) is 8.78 Å². The molecule has 1 aromatic carbocycles. The number of rotatable bonds is 3. The molecule has 21 heavy (non-hydrogen) atoms. The molecule has 1 heterocycles. The lowest BCUT2D eigenvalue weighted by molar-refractivity contribution is -0.148. The van der Waals surface area contributed by atoms with E-state index in [0.717, 1.165) is 12.1 Å². The van der Waals surface area contributed by atoms with Gasteiger partial charge >= 0.3 is 6.18 Å². The summed E-state index contributed by atoms with van der Waals surface area (Å²) in [6, 6.07) is 1.97. The van der Waals surface area contributed by atoms with E-state index in [2.05, 4.69) is 5.32 Å². The predicted molar refractivity (Wildman–Crippen MR) is 71.5 cm³/mol. The third-order valence-electron chi connectivity index (χ3n) is 3.35. The third kappa shape index (κ3) is 5.09. The first-order chi connectivity index (χ1) is 9.37. The van der Waals surface area contributed by atoms with Gasteiger partial charge in [0, 0.05) is 32.2 Å². The van der Waals surface area contributed by atoms with E-state index in [1.807, 2.05) is 0 Å². The second-order valence-electron chi connectivity index (χ2n) is 4.79. The zero-order valence-electron chi connectivity index (χ0n) is 11.1. The highest BCUT2D eigenvalue weighted by Gasteiger charge is 2.36. The molecule has 0 bridgehead atoms. The fraction of sp³-hybridized carbons (Fsp3) is 0.538. The van der Waals surface area contributed by atoms with E-state index < -0.39 is 30.3 Å². The summed E-state index contributed by atoms with van der Waals surface area (Å²) in [6.07, 6.45) is -5.43. The molecule has 0 saturated carbocycles. The molecule has 0 amide bonds. The monoisotopic (exact) mass is 330 g/mol. The summed E-state index contributed by atoms with van der Waals surface area (Å²) >= 11 is 0. The van der Waals surface area contributed by atoms with Crippen molar-refractivity contribution in [3.63, 3.8) is 0 Å². The van der Waals surface area contributed by atoms with Gasteiger partial charge in [0.15, 0.2) is 11.6 Å². The highest BCUT2D eigenvalue weighted by atomic mass is 35.5. The van der Waals surface area contributed by atoms with Gasteiger partial charge in [0.1, 0.15) is 0 Å². The highest BCUT2D eigenvalue weighted by Crippen LogP contribution is 2.34. The summed E-state index contributed by atoms with van der Waals surface area (Å²) in [5.41, 5.74) is 0.156. The Morgan fingerprint density at radius 2 is 1.71 bits per heavy atom. The number of alkyl halides is 3. The highest BCUT2D eigenvalue weighted by molar-refractivity contribution is 5.85. The Kier molecular flexibility index (Phi) is 6.37. The topological polar surface area (TPSA) is 15.3 Å². The molecule has 120 valence electrons. The summed E-state index contributed by atoms with van der Waals surface area (Å²) < 4.78 is 64.3. The smallest absolute Gasteiger partial charge is 0.314 e. The molecule has 8 heteroatoms. The largest absolute Gasteiger partial charge is 0.390 e. The molecule has 0 aliphatic carbocycles. The molecular formula is C13H16ClF5N2. The van der Waals surface area contributed by atoms with E-state index in [4.69, 9.17) is 0 Å². The summed E-state index contributed by atoms with van der Waals surface area (Å²) in [5, 5.41) is 3.05. The van der Waals surface area contributed by atoms with Gasteiger partial charge in [-0.3, -0.25) is 4.90 Å². The number of halogens is 6.